The third-order valence-corrected chi connectivity index (χ3v) is 6.63. The second-order valence-electron chi connectivity index (χ2n) is 7.71. The second-order valence-corrected chi connectivity index (χ2v) is 11.2. The van der Waals surface area contributed by atoms with Gasteiger partial charge in [0.05, 0.1) is 22.5 Å². The van der Waals surface area contributed by atoms with Crippen molar-refractivity contribution in [3.63, 3.8) is 0 Å². The van der Waals surface area contributed by atoms with Crippen molar-refractivity contribution in [1.29, 1.82) is 0 Å². The van der Waals surface area contributed by atoms with Gasteiger partial charge in [0.15, 0.2) is 0 Å². The third kappa shape index (κ3) is 11.7. The Morgan fingerprint density at radius 1 is 0.610 bits per heavy atom. The SMILES string of the molecule is O=S([O-])(=[OH+])c1ccc(N=Cc2ccccc2[OH2+])cc1.O=S([O-])(=[OH+])c1ccc(N=Cc2ccccc2[OH2+])cc1.[O]=[U+2]=[O]. The normalized spacial score (nSPS) is 13.5. The van der Waals surface area contributed by atoms with Gasteiger partial charge in [0.2, 0.25) is 0 Å². The van der Waals surface area contributed by atoms with Gasteiger partial charge in [0.25, 0.3) is 31.7 Å². The Balaban J connectivity index is 0.000000262. The molecule has 0 saturated carbocycles. The first-order chi connectivity index (χ1) is 19.3. The van der Waals surface area contributed by atoms with E-state index >= 15 is 0 Å². The predicted octanol–water partition coefficient (Wildman–Crippen LogP) is 3.64. The Bertz CT molecular complexity index is 1640. The number of aliphatic imine (C=N–C) groups is 2. The van der Waals surface area contributed by atoms with Crippen molar-refractivity contribution in [3.8, 4) is 11.5 Å². The van der Waals surface area contributed by atoms with Crippen molar-refractivity contribution >= 4 is 44.0 Å². The van der Waals surface area contributed by atoms with Crippen molar-refractivity contribution in [2.24, 2.45) is 9.98 Å². The fraction of sp³-hybridized carbons (Fsp3) is 0. The van der Waals surface area contributed by atoms with E-state index in [-0.39, 0.29) is 9.79 Å². The summed E-state index contributed by atoms with van der Waals surface area (Å²) in [7, 11) is -8.35. The molecule has 0 heterocycles. The van der Waals surface area contributed by atoms with Crippen LogP contribution in [0.15, 0.2) is 117 Å². The minimum atomic E-state index is -4.18. The van der Waals surface area contributed by atoms with E-state index in [1.54, 1.807) is 48.5 Å². The Morgan fingerprint density at radius 2 is 0.902 bits per heavy atom. The van der Waals surface area contributed by atoms with Crippen LogP contribution in [0.25, 0.3) is 0 Å². The molecular weight excluding hydrogens is 802 g/mol. The van der Waals surface area contributed by atoms with Crippen molar-refractivity contribution in [1.82, 2.24) is 0 Å². The van der Waals surface area contributed by atoms with E-state index in [0.717, 1.165) is 0 Å². The summed E-state index contributed by atoms with van der Waals surface area (Å²) in [6.07, 6.45) is 3.07. The molecule has 4 aromatic carbocycles. The summed E-state index contributed by atoms with van der Waals surface area (Å²) in [6, 6.07) is 25.0. The second kappa shape index (κ2) is 15.9. The van der Waals surface area contributed by atoms with E-state index in [4.69, 9.17) is 23.1 Å². The molecule has 0 aliphatic carbocycles. The van der Waals surface area contributed by atoms with Crippen LogP contribution in [-0.4, -0.2) is 48.6 Å². The Kier molecular flexibility index (Phi) is 13.0. The zero-order valence-corrected chi connectivity index (χ0v) is 26.7. The first-order valence-corrected chi connectivity index (χ1v) is 17.5. The minimum absolute atomic E-state index is 0.174. The molecule has 2 atom stereocenters. The Labute approximate surface area is 250 Å². The molecule has 0 amide bonds. The maximum atomic E-state index is 10.9. The van der Waals surface area contributed by atoms with Crippen LogP contribution >= 0.6 is 0 Å². The Morgan fingerprint density at radius 3 is 1.17 bits per heavy atom. The van der Waals surface area contributed by atoms with Crippen LogP contribution in [0.1, 0.15) is 11.1 Å². The van der Waals surface area contributed by atoms with E-state index in [0.29, 0.717) is 34.0 Å². The number of para-hydroxylation sites is 2. The standard InChI is InChI=1S/2C13H11NO4S.2O.U/c2*15-13-4-2-1-3-10(13)9-14-11-5-7-12(8-6-11)19(16,17)18;;;/h2*1-9,15H,(H,16,17,18);;;/q;;;;+2/p+2. The van der Waals surface area contributed by atoms with Gasteiger partial charge in [-0.2, -0.15) is 8.42 Å². The number of benzene rings is 4. The molecule has 12 nitrogen and oxygen atoms in total. The van der Waals surface area contributed by atoms with Crippen LogP contribution in [0.5, 0.6) is 11.5 Å². The summed E-state index contributed by atoms with van der Waals surface area (Å²) >= 11 is -2.51. The molecule has 0 fully saturated rings. The number of hydrogen-bond donors (Lipinski definition) is 0. The quantitative estimate of drug-likeness (QED) is 0.160. The van der Waals surface area contributed by atoms with Crippen LogP contribution in [0, 0.1) is 27.8 Å². The van der Waals surface area contributed by atoms with Crippen LogP contribution in [0.2, 0.25) is 0 Å². The van der Waals surface area contributed by atoms with Gasteiger partial charge in [-0.05, 0) is 60.7 Å². The van der Waals surface area contributed by atoms with Gasteiger partial charge >= 0.3 is 32.3 Å². The molecule has 0 bridgehead atoms. The topological polar surface area (TPSA) is 228 Å². The van der Waals surface area contributed by atoms with Crippen LogP contribution < -0.4 is 0 Å². The van der Waals surface area contributed by atoms with E-state index in [9.17, 15) is 17.5 Å². The summed E-state index contributed by atoms with van der Waals surface area (Å²) in [6.45, 7) is 0. The molecule has 6 N–H and O–H groups in total. The molecule has 0 aromatic heterocycles. The maximum absolute atomic E-state index is 10.9. The summed E-state index contributed by atoms with van der Waals surface area (Å²) in [5.74, 6) is 0.724. The van der Waals surface area contributed by atoms with E-state index in [2.05, 4.69) is 9.98 Å². The van der Waals surface area contributed by atoms with E-state index < -0.39 is 48.1 Å². The van der Waals surface area contributed by atoms with E-state index in [1.807, 2.05) is 0 Å². The molecular formula is C26H24N2O10S2U+4. The van der Waals surface area contributed by atoms with Gasteiger partial charge in [-0.15, -0.1) is 0 Å². The summed E-state index contributed by atoms with van der Waals surface area (Å²) < 4.78 is 78.3. The van der Waals surface area contributed by atoms with Crippen molar-refractivity contribution in [3.05, 3.63) is 108 Å². The van der Waals surface area contributed by atoms with Gasteiger partial charge in [-0.1, -0.05) is 24.3 Å². The average Bonchev–Trinajstić information content (AvgIpc) is 2.92. The fourth-order valence-corrected chi connectivity index (χ4v) is 3.88. The van der Waals surface area contributed by atoms with Gasteiger partial charge in [0, 0.05) is 24.6 Å². The molecule has 0 aliphatic heterocycles. The van der Waals surface area contributed by atoms with E-state index in [1.165, 1.54) is 61.0 Å². The van der Waals surface area contributed by atoms with Crippen molar-refractivity contribution < 1.29 is 68.4 Å². The molecule has 4 rings (SSSR count). The van der Waals surface area contributed by atoms with Crippen LogP contribution in [-0.2, 0) is 24.7 Å². The fourth-order valence-electron chi connectivity index (χ4n) is 2.92. The molecule has 0 aliphatic rings. The molecule has 41 heavy (non-hydrogen) atoms. The molecule has 2 unspecified atom stereocenters. The van der Waals surface area contributed by atoms with Crippen LogP contribution in [0.4, 0.5) is 11.4 Å². The molecule has 0 spiro atoms. The average molecular weight is 827 g/mol. The van der Waals surface area contributed by atoms with Crippen molar-refractivity contribution in [2.45, 2.75) is 9.79 Å². The van der Waals surface area contributed by atoms with Gasteiger partial charge in [0.1, 0.15) is 9.79 Å². The predicted molar refractivity (Wildman–Crippen MR) is 146 cm³/mol. The monoisotopic (exact) mass is 826 g/mol. The zero-order chi connectivity index (χ0) is 30.5. The van der Waals surface area contributed by atoms with Gasteiger partial charge in [-0.3, -0.25) is 9.98 Å². The number of hydrogen-bond acceptors (Lipinski definition) is 8. The molecule has 0 saturated heterocycles. The summed E-state index contributed by atoms with van der Waals surface area (Å²) in [5.41, 5.74) is 2.41. The number of rotatable bonds is 6. The van der Waals surface area contributed by atoms with Crippen molar-refractivity contribution in [2.75, 3.05) is 0 Å². The number of nitrogens with zero attached hydrogens (tertiary/aromatic N) is 2. The molecule has 4 aromatic rings. The molecule has 0 radical (unpaired) electrons. The first kappa shape index (κ1) is 33.5. The van der Waals surface area contributed by atoms with Crippen LogP contribution in [0.3, 0.4) is 0 Å². The zero-order valence-electron chi connectivity index (χ0n) is 20.9. The molecule has 15 heteroatoms. The van der Waals surface area contributed by atoms with Gasteiger partial charge < -0.3 is 19.3 Å². The van der Waals surface area contributed by atoms with Gasteiger partial charge in [-0.25, -0.2) is 8.42 Å². The summed E-state index contributed by atoms with van der Waals surface area (Å²) in [4.78, 5) is 7.93. The third-order valence-electron chi connectivity index (χ3n) is 4.90. The first-order valence-electron chi connectivity index (χ1n) is 11.2. The Hall–Kier alpha value is -3.71. The molecule has 210 valence electrons. The summed E-state index contributed by atoms with van der Waals surface area (Å²) in [5, 5.41) is 15.3.